The summed E-state index contributed by atoms with van der Waals surface area (Å²) in [6.45, 7) is 2.18. The van der Waals surface area contributed by atoms with E-state index in [2.05, 4.69) is 9.47 Å². The molecule has 0 aromatic carbocycles. The molecule has 0 aromatic heterocycles. The summed E-state index contributed by atoms with van der Waals surface area (Å²) in [6, 6.07) is 0. The first-order valence-electron chi connectivity index (χ1n) is 2.12. The Bertz CT molecular complexity index is 93.3. The summed E-state index contributed by atoms with van der Waals surface area (Å²) in [6.07, 6.45) is -0.597. The zero-order valence-corrected chi connectivity index (χ0v) is 5.57. The zero-order valence-electron chi connectivity index (χ0n) is 4.39. The quantitative estimate of drug-likeness (QED) is 0.380. The van der Waals surface area contributed by atoms with E-state index in [0.29, 0.717) is 6.61 Å². The van der Waals surface area contributed by atoms with Gasteiger partial charge in [-0.15, -0.1) is 0 Å². The van der Waals surface area contributed by atoms with E-state index in [1.165, 1.54) is 0 Å². The fourth-order valence-electron chi connectivity index (χ4n) is 0.418. The van der Waals surface area contributed by atoms with Gasteiger partial charge in [-0.2, -0.15) is 0 Å². The molecular formula is C4H6MnO3. The standard InChI is InChI=1S/C4H6O3.Mn/c1-3-2-6-4(5)7-3;/h3H,2H2,1H3;. The molecule has 0 amide bonds. The summed E-state index contributed by atoms with van der Waals surface area (Å²) >= 11 is 0. The van der Waals surface area contributed by atoms with E-state index in [4.69, 9.17) is 0 Å². The molecule has 1 rings (SSSR count). The van der Waals surface area contributed by atoms with E-state index in [0.717, 1.165) is 0 Å². The largest absolute Gasteiger partial charge is 0.508 e. The van der Waals surface area contributed by atoms with Crippen LogP contribution in [0.25, 0.3) is 0 Å². The second kappa shape index (κ2) is 2.95. The second-order valence-electron chi connectivity index (χ2n) is 1.49. The fourth-order valence-corrected chi connectivity index (χ4v) is 0.418. The Balaban J connectivity index is 0.000000490. The maximum atomic E-state index is 10.0. The Morgan fingerprint density at radius 1 is 1.75 bits per heavy atom. The summed E-state index contributed by atoms with van der Waals surface area (Å²) in [5.74, 6) is 0. The second-order valence-corrected chi connectivity index (χ2v) is 1.49. The third-order valence-corrected chi connectivity index (χ3v) is 0.733. The average Bonchev–Trinajstić information content (AvgIpc) is 1.87. The van der Waals surface area contributed by atoms with Gasteiger partial charge in [0.05, 0.1) is 0 Å². The third kappa shape index (κ3) is 1.72. The van der Waals surface area contributed by atoms with Gasteiger partial charge in [-0.05, 0) is 6.92 Å². The first-order valence-corrected chi connectivity index (χ1v) is 2.12. The maximum absolute atomic E-state index is 10.0. The van der Waals surface area contributed by atoms with Crippen LogP contribution in [0.2, 0.25) is 0 Å². The molecule has 0 aliphatic carbocycles. The van der Waals surface area contributed by atoms with E-state index in [1.807, 2.05) is 0 Å². The number of hydrogen-bond acceptors (Lipinski definition) is 3. The van der Waals surface area contributed by atoms with E-state index in [9.17, 15) is 4.79 Å². The molecule has 1 aliphatic rings. The topological polar surface area (TPSA) is 35.5 Å². The Morgan fingerprint density at radius 2 is 2.38 bits per heavy atom. The summed E-state index contributed by atoms with van der Waals surface area (Å²) in [5.41, 5.74) is 0. The summed E-state index contributed by atoms with van der Waals surface area (Å²) in [4.78, 5) is 10.0. The Morgan fingerprint density at radius 3 is 2.50 bits per heavy atom. The maximum Gasteiger partial charge on any atom is 0.508 e. The van der Waals surface area contributed by atoms with Crippen molar-refractivity contribution in [1.82, 2.24) is 0 Å². The number of ether oxygens (including phenoxy) is 2. The molecule has 0 saturated carbocycles. The van der Waals surface area contributed by atoms with Crippen molar-refractivity contribution >= 4 is 6.16 Å². The SMILES string of the molecule is CC1COC(=O)O1.[Mn]. The van der Waals surface area contributed by atoms with Gasteiger partial charge >= 0.3 is 6.16 Å². The van der Waals surface area contributed by atoms with Crippen molar-refractivity contribution in [1.29, 1.82) is 0 Å². The minimum absolute atomic E-state index is 0. The van der Waals surface area contributed by atoms with Gasteiger partial charge in [0.25, 0.3) is 0 Å². The van der Waals surface area contributed by atoms with Crippen LogP contribution < -0.4 is 0 Å². The minimum atomic E-state index is -0.549. The van der Waals surface area contributed by atoms with Crippen LogP contribution in [-0.2, 0) is 26.5 Å². The van der Waals surface area contributed by atoms with Gasteiger partial charge in [-0.1, -0.05) is 0 Å². The molecule has 1 fully saturated rings. The summed E-state index contributed by atoms with van der Waals surface area (Å²) < 4.78 is 8.90. The predicted octanol–water partition coefficient (Wildman–Crippen LogP) is 0.539. The Labute approximate surface area is 57.8 Å². The van der Waals surface area contributed by atoms with Crippen LogP contribution in [-0.4, -0.2) is 18.9 Å². The molecule has 0 spiro atoms. The van der Waals surface area contributed by atoms with Gasteiger partial charge in [-0.25, -0.2) is 4.79 Å². The van der Waals surface area contributed by atoms with Crippen molar-refractivity contribution < 1.29 is 31.3 Å². The molecule has 0 aromatic rings. The summed E-state index contributed by atoms with van der Waals surface area (Å²) in [5, 5.41) is 0. The van der Waals surface area contributed by atoms with Crippen molar-refractivity contribution in [3.8, 4) is 0 Å². The molecule has 47 valence electrons. The van der Waals surface area contributed by atoms with Gasteiger partial charge in [0.1, 0.15) is 12.7 Å². The molecule has 4 heteroatoms. The van der Waals surface area contributed by atoms with Crippen LogP contribution >= 0.6 is 0 Å². The Hall–Kier alpha value is -0.211. The van der Waals surface area contributed by atoms with Crippen LogP contribution in [0.1, 0.15) is 6.92 Å². The molecule has 1 aliphatic heterocycles. The van der Waals surface area contributed by atoms with Gasteiger partial charge < -0.3 is 9.47 Å². The smallest absolute Gasteiger partial charge is 0.430 e. The van der Waals surface area contributed by atoms with Gasteiger partial charge in [0.2, 0.25) is 0 Å². The first kappa shape index (κ1) is 7.79. The van der Waals surface area contributed by atoms with Crippen molar-refractivity contribution in [2.45, 2.75) is 13.0 Å². The monoisotopic (exact) mass is 157 g/mol. The number of cyclic esters (lactones) is 2. The molecule has 1 heterocycles. The fraction of sp³-hybridized carbons (Fsp3) is 0.750. The van der Waals surface area contributed by atoms with Crippen molar-refractivity contribution in [3.63, 3.8) is 0 Å². The van der Waals surface area contributed by atoms with Gasteiger partial charge in [0, 0.05) is 17.1 Å². The molecule has 1 atom stereocenters. The summed E-state index contributed by atoms with van der Waals surface area (Å²) in [7, 11) is 0. The van der Waals surface area contributed by atoms with E-state index >= 15 is 0 Å². The number of carbonyl (C=O) groups excluding carboxylic acids is 1. The number of rotatable bonds is 0. The molecule has 1 saturated heterocycles. The zero-order chi connectivity index (χ0) is 5.28. The first-order chi connectivity index (χ1) is 3.29. The van der Waals surface area contributed by atoms with Crippen molar-refractivity contribution in [3.05, 3.63) is 0 Å². The van der Waals surface area contributed by atoms with E-state index in [-0.39, 0.29) is 23.2 Å². The number of carbonyl (C=O) groups is 1. The van der Waals surface area contributed by atoms with E-state index < -0.39 is 6.16 Å². The van der Waals surface area contributed by atoms with Crippen molar-refractivity contribution in [2.24, 2.45) is 0 Å². The molecule has 1 radical (unpaired) electrons. The molecule has 0 bridgehead atoms. The van der Waals surface area contributed by atoms with Crippen LogP contribution in [0, 0.1) is 0 Å². The average molecular weight is 157 g/mol. The molecule has 1 unspecified atom stereocenters. The van der Waals surface area contributed by atoms with Gasteiger partial charge in [-0.3, -0.25) is 0 Å². The van der Waals surface area contributed by atoms with Crippen LogP contribution in [0.3, 0.4) is 0 Å². The molecule has 0 N–H and O–H groups in total. The number of hydrogen-bond donors (Lipinski definition) is 0. The van der Waals surface area contributed by atoms with Gasteiger partial charge in [0.15, 0.2) is 0 Å². The normalized spacial score (nSPS) is 25.6. The van der Waals surface area contributed by atoms with Crippen LogP contribution in [0.5, 0.6) is 0 Å². The predicted molar refractivity (Wildman–Crippen MR) is 21.9 cm³/mol. The minimum Gasteiger partial charge on any atom is -0.430 e. The van der Waals surface area contributed by atoms with Crippen molar-refractivity contribution in [2.75, 3.05) is 6.61 Å². The Kier molecular flexibility index (Phi) is 2.87. The molecule has 3 nitrogen and oxygen atoms in total. The third-order valence-electron chi connectivity index (χ3n) is 0.733. The van der Waals surface area contributed by atoms with Crippen LogP contribution in [0.4, 0.5) is 4.79 Å². The van der Waals surface area contributed by atoms with E-state index in [1.54, 1.807) is 6.92 Å². The van der Waals surface area contributed by atoms with Crippen LogP contribution in [0.15, 0.2) is 0 Å². The molecular weight excluding hydrogens is 151 g/mol. The molecule has 8 heavy (non-hydrogen) atoms.